The first-order valence-electron chi connectivity index (χ1n) is 7.09. The van der Waals surface area contributed by atoms with Crippen molar-refractivity contribution >= 4 is 23.3 Å². The highest BCUT2D eigenvalue weighted by atomic mass is 35.5. The number of carbonyl (C=O) groups is 1. The summed E-state index contributed by atoms with van der Waals surface area (Å²) in [6.45, 7) is 4.34. The minimum Gasteiger partial charge on any atom is -0.327 e. The zero-order chi connectivity index (χ0) is 15.9. The van der Waals surface area contributed by atoms with Crippen molar-refractivity contribution in [2.45, 2.75) is 26.4 Å². The molecule has 0 spiro atoms. The number of carbonyl (C=O) groups excluding carboxylic acids is 1. The van der Waals surface area contributed by atoms with Crippen LogP contribution in [0.5, 0.6) is 0 Å². The minimum absolute atomic E-state index is 0.116. The van der Waals surface area contributed by atoms with Crippen molar-refractivity contribution in [3.63, 3.8) is 0 Å². The Morgan fingerprint density at radius 2 is 2.00 bits per heavy atom. The molecule has 0 saturated heterocycles. The summed E-state index contributed by atoms with van der Waals surface area (Å²) in [5, 5.41) is 6.02. The smallest absolute Gasteiger partial charge is 0.320 e. The molecule has 2 amide bonds. The predicted molar refractivity (Wildman–Crippen MR) is 86.6 cm³/mol. The van der Waals surface area contributed by atoms with Crippen LogP contribution in [0.3, 0.4) is 0 Å². The van der Waals surface area contributed by atoms with Crippen molar-refractivity contribution in [3.8, 4) is 0 Å². The predicted octanol–water partition coefficient (Wildman–Crippen LogP) is 3.05. The second kappa shape index (κ2) is 5.50. The van der Waals surface area contributed by atoms with Crippen LogP contribution < -0.4 is 16.2 Å². The van der Waals surface area contributed by atoms with Gasteiger partial charge in [-0.3, -0.25) is 4.79 Å². The lowest BCUT2D eigenvalue weighted by Crippen LogP contribution is -2.43. The van der Waals surface area contributed by atoms with E-state index in [1.165, 1.54) is 0 Å². The lowest BCUT2D eigenvalue weighted by atomic mass is 9.96. The average Bonchev–Trinajstić information content (AvgIpc) is 2.47. The number of aryl methyl sites for hydroxylation is 1. The molecule has 0 fully saturated rings. The van der Waals surface area contributed by atoms with Gasteiger partial charge >= 0.3 is 6.03 Å². The highest BCUT2D eigenvalue weighted by Gasteiger charge is 2.30. The Balaban J connectivity index is 2.27. The first-order chi connectivity index (χ1) is 10.5. The van der Waals surface area contributed by atoms with Crippen LogP contribution in [0.15, 0.2) is 35.1 Å². The van der Waals surface area contributed by atoms with Gasteiger partial charge in [-0.15, -0.1) is 0 Å². The van der Waals surface area contributed by atoms with E-state index in [4.69, 9.17) is 11.6 Å². The molecule has 6 heteroatoms. The van der Waals surface area contributed by atoms with Crippen LogP contribution in [0.2, 0.25) is 5.02 Å². The molecule has 0 bridgehead atoms. The molecule has 22 heavy (non-hydrogen) atoms. The molecule has 3 rings (SSSR count). The van der Waals surface area contributed by atoms with Crippen LogP contribution in [-0.2, 0) is 6.54 Å². The zero-order valence-electron chi connectivity index (χ0n) is 12.3. The molecule has 0 saturated carbocycles. The van der Waals surface area contributed by atoms with Gasteiger partial charge in [-0.05, 0) is 31.5 Å². The van der Waals surface area contributed by atoms with Crippen molar-refractivity contribution in [1.29, 1.82) is 0 Å². The van der Waals surface area contributed by atoms with Crippen molar-refractivity contribution < 1.29 is 4.79 Å². The normalized spacial score (nSPS) is 16.7. The molecule has 0 radical (unpaired) electrons. The van der Waals surface area contributed by atoms with Crippen molar-refractivity contribution in [3.05, 3.63) is 62.5 Å². The summed E-state index contributed by atoms with van der Waals surface area (Å²) >= 11 is 6.25. The van der Waals surface area contributed by atoms with Gasteiger partial charge in [0.05, 0.1) is 17.3 Å². The van der Waals surface area contributed by atoms with Gasteiger partial charge in [-0.1, -0.05) is 29.8 Å². The number of anilines is 1. The monoisotopic (exact) mass is 317 g/mol. The Labute approximate surface area is 132 Å². The quantitative estimate of drug-likeness (QED) is 0.894. The van der Waals surface area contributed by atoms with E-state index in [-0.39, 0.29) is 11.6 Å². The maximum Gasteiger partial charge on any atom is 0.320 e. The molecule has 1 atom stereocenters. The fraction of sp³-hybridized carbons (Fsp3) is 0.250. The zero-order valence-corrected chi connectivity index (χ0v) is 13.1. The van der Waals surface area contributed by atoms with E-state index < -0.39 is 6.04 Å². The molecule has 0 aliphatic carbocycles. The summed E-state index contributed by atoms with van der Waals surface area (Å²) in [4.78, 5) is 24.7. The molecule has 2 N–H and O–H groups in total. The number of hydrogen-bond donors (Lipinski definition) is 2. The van der Waals surface area contributed by atoms with Crippen LogP contribution in [0, 0.1) is 6.92 Å². The van der Waals surface area contributed by atoms with Crippen LogP contribution in [0.4, 0.5) is 10.5 Å². The first kappa shape index (κ1) is 14.7. The third-order valence-corrected chi connectivity index (χ3v) is 4.23. The highest BCUT2D eigenvalue weighted by Crippen LogP contribution is 2.33. The van der Waals surface area contributed by atoms with E-state index in [9.17, 15) is 9.59 Å². The fourth-order valence-corrected chi connectivity index (χ4v) is 3.11. The number of halogens is 1. The average molecular weight is 318 g/mol. The van der Waals surface area contributed by atoms with Gasteiger partial charge in [-0.25, -0.2) is 4.79 Å². The summed E-state index contributed by atoms with van der Waals surface area (Å²) in [5.74, 6) is 0. The number of aromatic nitrogens is 1. The minimum atomic E-state index is -0.552. The van der Waals surface area contributed by atoms with E-state index in [0.29, 0.717) is 28.4 Å². The summed E-state index contributed by atoms with van der Waals surface area (Å²) in [6.07, 6.45) is 0. The molecule has 1 aromatic heterocycles. The Morgan fingerprint density at radius 3 is 2.68 bits per heavy atom. The first-order valence-corrected chi connectivity index (χ1v) is 7.47. The maximum atomic E-state index is 12.8. The number of fused-ring (bicyclic) bond motifs is 1. The Kier molecular flexibility index (Phi) is 3.66. The van der Waals surface area contributed by atoms with Crippen molar-refractivity contribution in [2.75, 3.05) is 5.32 Å². The Hall–Kier alpha value is -2.27. The van der Waals surface area contributed by atoms with Crippen molar-refractivity contribution in [2.24, 2.45) is 0 Å². The van der Waals surface area contributed by atoms with Gasteiger partial charge in [0, 0.05) is 17.3 Å². The number of hydrogen-bond acceptors (Lipinski definition) is 2. The molecular formula is C16H16ClN3O2. The van der Waals surface area contributed by atoms with Gasteiger partial charge in [0.25, 0.3) is 5.56 Å². The van der Waals surface area contributed by atoms with Crippen molar-refractivity contribution in [1.82, 2.24) is 9.88 Å². The van der Waals surface area contributed by atoms with E-state index in [1.807, 2.05) is 38.1 Å². The lowest BCUT2D eigenvalue weighted by Gasteiger charge is -2.28. The van der Waals surface area contributed by atoms with Gasteiger partial charge < -0.3 is 15.2 Å². The van der Waals surface area contributed by atoms with Crippen LogP contribution in [0.25, 0.3) is 0 Å². The summed E-state index contributed by atoms with van der Waals surface area (Å²) in [5.41, 5.74) is 2.46. The fourth-order valence-electron chi connectivity index (χ4n) is 2.86. The van der Waals surface area contributed by atoms with Gasteiger partial charge in [0.2, 0.25) is 0 Å². The molecule has 1 aliphatic rings. The molecule has 114 valence electrons. The van der Waals surface area contributed by atoms with E-state index in [0.717, 1.165) is 5.69 Å². The van der Waals surface area contributed by atoms with E-state index >= 15 is 0 Å². The highest BCUT2D eigenvalue weighted by molar-refractivity contribution is 6.31. The molecular weight excluding hydrogens is 302 g/mol. The maximum absolute atomic E-state index is 12.8. The van der Waals surface area contributed by atoms with E-state index in [1.54, 1.807) is 10.6 Å². The molecule has 2 heterocycles. The van der Waals surface area contributed by atoms with Crippen LogP contribution in [0.1, 0.15) is 29.8 Å². The Morgan fingerprint density at radius 1 is 1.27 bits per heavy atom. The summed E-state index contributed by atoms with van der Waals surface area (Å²) in [6, 6.07) is 8.14. The van der Waals surface area contributed by atoms with Gasteiger partial charge in [0.15, 0.2) is 0 Å². The number of urea groups is 1. The molecule has 5 nitrogen and oxygen atoms in total. The number of pyridine rings is 1. The van der Waals surface area contributed by atoms with Crippen LogP contribution in [-0.4, -0.2) is 10.6 Å². The molecule has 2 aromatic rings. The molecule has 1 aromatic carbocycles. The van der Waals surface area contributed by atoms with Gasteiger partial charge in [-0.2, -0.15) is 0 Å². The summed E-state index contributed by atoms with van der Waals surface area (Å²) in [7, 11) is 0. The summed E-state index contributed by atoms with van der Waals surface area (Å²) < 4.78 is 1.68. The SMILES string of the molecule is CCn1c(C)cc2c(c1=O)C(c1ccccc1Cl)NC(=O)N2. The molecule has 1 aliphatic heterocycles. The second-order valence-electron chi connectivity index (χ2n) is 5.22. The number of nitrogens with zero attached hydrogens (tertiary/aromatic N) is 1. The second-order valence-corrected chi connectivity index (χ2v) is 5.62. The molecule has 1 unspecified atom stereocenters. The Bertz CT molecular complexity index is 814. The largest absolute Gasteiger partial charge is 0.327 e. The third-order valence-electron chi connectivity index (χ3n) is 3.89. The van der Waals surface area contributed by atoms with E-state index in [2.05, 4.69) is 10.6 Å². The third kappa shape index (κ3) is 2.27. The number of nitrogens with one attached hydrogen (secondary N) is 2. The van der Waals surface area contributed by atoms with Gasteiger partial charge in [0.1, 0.15) is 0 Å². The number of amides is 2. The standard InChI is InChI=1S/C16H16ClN3O2/c1-3-20-9(2)8-12-13(15(20)21)14(19-16(22)18-12)10-6-4-5-7-11(10)17/h4-8,14H,3H2,1-2H3,(H2,18,19,22). The lowest BCUT2D eigenvalue weighted by molar-refractivity contribution is 0.249. The number of rotatable bonds is 2. The van der Waals surface area contributed by atoms with Crippen LogP contribution >= 0.6 is 11.6 Å². The number of benzene rings is 1. The topological polar surface area (TPSA) is 63.1 Å².